The fourth-order valence-electron chi connectivity index (χ4n) is 6.42. The van der Waals surface area contributed by atoms with Crippen molar-refractivity contribution in [2.24, 2.45) is 0 Å². The van der Waals surface area contributed by atoms with E-state index in [0.717, 1.165) is 22.5 Å². The molecule has 0 N–H and O–H groups in total. The molecule has 0 amide bonds. The summed E-state index contributed by atoms with van der Waals surface area (Å²) in [6.07, 6.45) is 0. The van der Waals surface area contributed by atoms with Gasteiger partial charge in [0.2, 0.25) is 0 Å². The Labute approximate surface area is 231 Å². The molecule has 0 spiro atoms. The van der Waals surface area contributed by atoms with E-state index in [1.807, 2.05) is 0 Å². The zero-order valence-corrected chi connectivity index (χ0v) is 22.7. The fraction of sp³-hybridized carbons (Fsp3) is 0.0833. The molecule has 1 aliphatic carbocycles. The van der Waals surface area contributed by atoms with Crippen molar-refractivity contribution in [3.63, 3.8) is 0 Å². The summed E-state index contributed by atoms with van der Waals surface area (Å²) in [5, 5.41) is 9.93. The Morgan fingerprint density at radius 1 is 0.667 bits per heavy atom. The Morgan fingerprint density at radius 3 is 2.28 bits per heavy atom. The highest BCUT2D eigenvalue weighted by Crippen LogP contribution is 2.50. The summed E-state index contributed by atoms with van der Waals surface area (Å²) in [5.41, 5.74) is 12.2. The molecule has 3 heterocycles. The topological polar surface area (TPSA) is 17.3 Å². The highest BCUT2D eigenvalue weighted by molar-refractivity contribution is 7.13. The minimum absolute atomic E-state index is 0.0674. The van der Waals surface area contributed by atoms with Crippen molar-refractivity contribution in [2.45, 2.75) is 19.3 Å². The first kappa shape index (κ1) is 22.5. The normalized spacial score (nSPS) is 13.6. The van der Waals surface area contributed by atoms with Crippen LogP contribution >= 0.6 is 11.3 Å². The number of hydrogen-bond donors (Lipinski definition) is 0. The van der Waals surface area contributed by atoms with Gasteiger partial charge in [0.15, 0.2) is 0 Å². The van der Waals surface area contributed by atoms with E-state index >= 15 is 0 Å². The number of rotatable bonds is 3. The Morgan fingerprint density at radius 2 is 1.44 bits per heavy atom. The molecule has 2 nitrogen and oxygen atoms in total. The number of fused-ring (bicyclic) bond motifs is 6. The van der Waals surface area contributed by atoms with Crippen molar-refractivity contribution in [2.75, 3.05) is 0 Å². The van der Waals surface area contributed by atoms with Crippen LogP contribution in [-0.4, -0.2) is 9.61 Å². The molecule has 3 aromatic heterocycles. The molecule has 0 saturated heterocycles. The van der Waals surface area contributed by atoms with Gasteiger partial charge in [0.05, 0.1) is 16.1 Å². The van der Waals surface area contributed by atoms with E-state index in [2.05, 4.69) is 139 Å². The molecular formula is C36H26N2S. The van der Waals surface area contributed by atoms with Crippen LogP contribution in [0, 0.1) is 0 Å². The average Bonchev–Trinajstić information content (AvgIpc) is 3.70. The fourth-order valence-corrected chi connectivity index (χ4v) is 7.15. The second-order valence-electron chi connectivity index (χ2n) is 10.9. The van der Waals surface area contributed by atoms with Gasteiger partial charge in [-0.1, -0.05) is 111 Å². The van der Waals surface area contributed by atoms with Crippen LogP contribution in [0.15, 0.2) is 121 Å². The predicted molar refractivity (Wildman–Crippen MR) is 164 cm³/mol. The van der Waals surface area contributed by atoms with Crippen LogP contribution in [0.1, 0.15) is 25.0 Å². The molecule has 39 heavy (non-hydrogen) atoms. The molecule has 7 aromatic rings. The lowest BCUT2D eigenvalue weighted by molar-refractivity contribution is 0.660. The van der Waals surface area contributed by atoms with Crippen molar-refractivity contribution >= 4 is 27.6 Å². The highest BCUT2D eigenvalue weighted by Gasteiger charge is 2.35. The monoisotopic (exact) mass is 518 g/mol. The highest BCUT2D eigenvalue weighted by atomic mass is 32.1. The Hall–Kier alpha value is -4.47. The lowest BCUT2D eigenvalue weighted by atomic mass is 9.81. The van der Waals surface area contributed by atoms with E-state index < -0.39 is 0 Å². The summed E-state index contributed by atoms with van der Waals surface area (Å²) in [7, 11) is 0. The molecule has 0 radical (unpaired) electrons. The van der Waals surface area contributed by atoms with Gasteiger partial charge in [0, 0.05) is 21.9 Å². The van der Waals surface area contributed by atoms with E-state index in [0.29, 0.717) is 0 Å². The van der Waals surface area contributed by atoms with Gasteiger partial charge in [-0.2, -0.15) is 5.10 Å². The molecule has 3 heteroatoms. The van der Waals surface area contributed by atoms with Crippen LogP contribution in [0.4, 0.5) is 0 Å². The molecule has 0 fully saturated rings. The van der Waals surface area contributed by atoms with Crippen LogP contribution in [0.2, 0.25) is 0 Å². The van der Waals surface area contributed by atoms with E-state index in [1.165, 1.54) is 49.0 Å². The standard InChI is InChI=1S/C36H26N2S/c1-36(2)29-16-9-8-15-27(29)28-19-18-25(21-30(28)36)33-34(23-11-4-3-5-12-23)37-38-31(32-17-10-20-39-32)22-24-13-6-7-14-26(24)35(33)38/h3-22H,1-2H3. The summed E-state index contributed by atoms with van der Waals surface area (Å²) in [4.78, 5) is 1.21. The van der Waals surface area contributed by atoms with Gasteiger partial charge >= 0.3 is 0 Å². The van der Waals surface area contributed by atoms with Crippen molar-refractivity contribution < 1.29 is 0 Å². The average molecular weight is 519 g/mol. The van der Waals surface area contributed by atoms with Crippen molar-refractivity contribution in [1.82, 2.24) is 9.61 Å². The van der Waals surface area contributed by atoms with Crippen LogP contribution in [-0.2, 0) is 5.41 Å². The van der Waals surface area contributed by atoms with Gasteiger partial charge < -0.3 is 0 Å². The molecular weight excluding hydrogens is 492 g/mol. The van der Waals surface area contributed by atoms with E-state index in [9.17, 15) is 0 Å². The maximum atomic E-state index is 5.36. The minimum Gasteiger partial charge on any atom is -0.230 e. The summed E-state index contributed by atoms with van der Waals surface area (Å²) in [6, 6.07) is 41.8. The van der Waals surface area contributed by atoms with Gasteiger partial charge in [-0.15, -0.1) is 11.3 Å². The second kappa shape index (κ2) is 8.26. The van der Waals surface area contributed by atoms with Crippen LogP contribution < -0.4 is 0 Å². The molecule has 8 rings (SSSR count). The molecule has 4 aromatic carbocycles. The first-order valence-electron chi connectivity index (χ1n) is 13.4. The molecule has 0 unspecified atom stereocenters. The number of benzene rings is 4. The Balaban J connectivity index is 1.50. The van der Waals surface area contributed by atoms with Crippen molar-refractivity contribution in [3.05, 3.63) is 132 Å². The summed E-state index contributed by atoms with van der Waals surface area (Å²) in [6.45, 7) is 4.69. The molecule has 0 atom stereocenters. The minimum atomic E-state index is -0.0674. The number of hydrogen-bond acceptors (Lipinski definition) is 2. The Kier molecular flexibility index (Phi) is 4.77. The molecule has 0 saturated carbocycles. The van der Waals surface area contributed by atoms with Gasteiger partial charge in [0.1, 0.15) is 5.69 Å². The Bertz CT molecular complexity index is 2030. The predicted octanol–water partition coefficient (Wildman–Crippen LogP) is 9.86. The maximum Gasteiger partial charge on any atom is 0.101 e. The molecule has 1 aliphatic rings. The van der Waals surface area contributed by atoms with Crippen LogP contribution in [0.25, 0.3) is 60.4 Å². The number of thiophene rings is 1. The van der Waals surface area contributed by atoms with Crippen LogP contribution in [0.5, 0.6) is 0 Å². The number of nitrogens with zero attached hydrogens (tertiary/aromatic N) is 2. The lowest BCUT2D eigenvalue weighted by Gasteiger charge is -2.22. The van der Waals surface area contributed by atoms with Gasteiger partial charge in [-0.3, -0.25) is 0 Å². The summed E-state index contributed by atoms with van der Waals surface area (Å²) >= 11 is 1.75. The van der Waals surface area contributed by atoms with E-state index in [1.54, 1.807) is 11.3 Å². The molecule has 186 valence electrons. The first-order chi connectivity index (χ1) is 19.1. The van der Waals surface area contributed by atoms with Crippen molar-refractivity contribution in [1.29, 1.82) is 0 Å². The third-order valence-electron chi connectivity index (χ3n) is 8.31. The van der Waals surface area contributed by atoms with Gasteiger partial charge in [0.25, 0.3) is 0 Å². The second-order valence-corrected chi connectivity index (χ2v) is 11.8. The van der Waals surface area contributed by atoms with Crippen LogP contribution in [0.3, 0.4) is 0 Å². The lowest BCUT2D eigenvalue weighted by Crippen LogP contribution is -2.14. The number of pyridine rings is 1. The summed E-state index contributed by atoms with van der Waals surface area (Å²) in [5.74, 6) is 0. The first-order valence-corrected chi connectivity index (χ1v) is 14.3. The summed E-state index contributed by atoms with van der Waals surface area (Å²) < 4.78 is 2.18. The van der Waals surface area contributed by atoms with Gasteiger partial charge in [-0.25, -0.2) is 4.52 Å². The number of aromatic nitrogens is 2. The third kappa shape index (κ3) is 3.23. The van der Waals surface area contributed by atoms with Crippen molar-refractivity contribution in [3.8, 4) is 44.1 Å². The molecule has 0 aliphatic heterocycles. The van der Waals surface area contributed by atoms with E-state index in [-0.39, 0.29) is 5.41 Å². The SMILES string of the molecule is CC1(C)c2ccccc2-c2ccc(-c3c(-c4ccccc4)nn4c(-c5cccs5)cc5ccccc5c34)cc21. The quantitative estimate of drug-likeness (QED) is 0.227. The maximum absolute atomic E-state index is 5.36. The third-order valence-corrected chi connectivity index (χ3v) is 9.21. The smallest absolute Gasteiger partial charge is 0.101 e. The zero-order valence-electron chi connectivity index (χ0n) is 21.8. The van der Waals surface area contributed by atoms with Gasteiger partial charge in [-0.05, 0) is 56.8 Å². The van der Waals surface area contributed by atoms with E-state index in [4.69, 9.17) is 5.10 Å². The largest absolute Gasteiger partial charge is 0.230 e. The molecule has 0 bridgehead atoms. The zero-order chi connectivity index (χ0) is 26.1.